The van der Waals surface area contributed by atoms with E-state index in [4.69, 9.17) is 5.73 Å². The first-order valence-electron chi connectivity index (χ1n) is 6.68. The Morgan fingerprint density at radius 2 is 2.26 bits per heavy atom. The van der Waals surface area contributed by atoms with E-state index in [9.17, 15) is 4.79 Å². The molecule has 1 aliphatic rings. The van der Waals surface area contributed by atoms with E-state index in [-0.39, 0.29) is 11.6 Å². The first kappa shape index (κ1) is 12.3. The van der Waals surface area contributed by atoms with Crippen LogP contribution in [0.15, 0.2) is 29.1 Å². The maximum Gasteiger partial charge on any atom is 0.258 e. The molecule has 5 nitrogen and oxygen atoms in total. The second-order valence-electron chi connectivity index (χ2n) is 5.17. The highest BCUT2D eigenvalue weighted by molar-refractivity contribution is 5.77. The van der Waals surface area contributed by atoms with Crippen molar-refractivity contribution in [3.8, 4) is 0 Å². The van der Waals surface area contributed by atoms with Crippen LogP contribution in [0.2, 0.25) is 0 Å². The fraction of sp³-hybridized carbons (Fsp3) is 0.429. The van der Waals surface area contributed by atoms with Gasteiger partial charge in [-0.2, -0.15) is 0 Å². The number of nitrogens with zero attached hydrogens (tertiary/aromatic N) is 2. The monoisotopic (exact) mass is 258 g/mol. The van der Waals surface area contributed by atoms with Crippen LogP contribution in [0, 0.1) is 0 Å². The maximum atomic E-state index is 12.0. The van der Waals surface area contributed by atoms with Gasteiger partial charge in [0.1, 0.15) is 5.82 Å². The van der Waals surface area contributed by atoms with Crippen molar-refractivity contribution in [2.24, 2.45) is 5.73 Å². The van der Waals surface area contributed by atoms with Gasteiger partial charge in [-0.1, -0.05) is 12.1 Å². The van der Waals surface area contributed by atoms with E-state index in [1.54, 1.807) is 6.07 Å². The van der Waals surface area contributed by atoms with E-state index >= 15 is 0 Å². The number of fused-ring (bicyclic) bond motifs is 1. The molecule has 3 N–H and O–H groups in total. The molecule has 2 heterocycles. The van der Waals surface area contributed by atoms with Gasteiger partial charge in [0.25, 0.3) is 5.56 Å². The molecule has 1 aromatic carbocycles. The number of aromatic amines is 1. The second-order valence-corrected chi connectivity index (χ2v) is 5.17. The summed E-state index contributed by atoms with van der Waals surface area (Å²) in [6.07, 6.45) is 2.19. The summed E-state index contributed by atoms with van der Waals surface area (Å²) in [6.45, 7) is 2.55. The van der Waals surface area contributed by atoms with Gasteiger partial charge in [0.15, 0.2) is 0 Å². The molecule has 19 heavy (non-hydrogen) atoms. The number of piperidine rings is 1. The number of para-hydroxylation sites is 1. The standard InChI is InChI=1S/C14H18N4O/c15-10-4-3-7-18(8-10)9-13-16-12-6-2-1-5-11(12)14(19)17-13/h1-2,5-6,10H,3-4,7-9,15H2,(H,16,17,19)/t10-/m1/s1. The lowest BCUT2D eigenvalue weighted by Crippen LogP contribution is -2.42. The van der Waals surface area contributed by atoms with Crippen molar-refractivity contribution in [1.82, 2.24) is 14.9 Å². The van der Waals surface area contributed by atoms with Crippen LogP contribution >= 0.6 is 0 Å². The highest BCUT2D eigenvalue weighted by atomic mass is 16.1. The number of nitrogens with one attached hydrogen (secondary N) is 1. The van der Waals surface area contributed by atoms with Gasteiger partial charge in [-0.25, -0.2) is 4.98 Å². The molecule has 3 rings (SSSR count). The van der Waals surface area contributed by atoms with Crippen molar-refractivity contribution in [3.63, 3.8) is 0 Å². The largest absolute Gasteiger partial charge is 0.327 e. The zero-order chi connectivity index (χ0) is 13.2. The average molecular weight is 258 g/mol. The Balaban J connectivity index is 1.87. The summed E-state index contributed by atoms with van der Waals surface area (Å²) in [5.74, 6) is 0.720. The van der Waals surface area contributed by atoms with Crippen LogP contribution in [-0.2, 0) is 6.54 Å². The minimum atomic E-state index is -0.0677. The zero-order valence-electron chi connectivity index (χ0n) is 10.8. The van der Waals surface area contributed by atoms with Crippen LogP contribution < -0.4 is 11.3 Å². The molecule has 0 spiro atoms. The van der Waals surface area contributed by atoms with Crippen molar-refractivity contribution in [2.45, 2.75) is 25.4 Å². The van der Waals surface area contributed by atoms with Gasteiger partial charge in [0.2, 0.25) is 0 Å². The van der Waals surface area contributed by atoms with E-state index in [0.717, 1.165) is 37.3 Å². The predicted molar refractivity (Wildman–Crippen MR) is 74.9 cm³/mol. The van der Waals surface area contributed by atoms with Crippen LogP contribution in [0.1, 0.15) is 18.7 Å². The number of likely N-dealkylation sites (tertiary alicyclic amines) is 1. The lowest BCUT2D eigenvalue weighted by atomic mass is 10.1. The summed E-state index contributed by atoms with van der Waals surface area (Å²) in [4.78, 5) is 21.6. The minimum Gasteiger partial charge on any atom is -0.327 e. The molecule has 0 saturated carbocycles. The Kier molecular flexibility index (Phi) is 3.31. The number of aromatic nitrogens is 2. The van der Waals surface area contributed by atoms with Gasteiger partial charge in [-0.05, 0) is 31.5 Å². The number of H-pyrrole nitrogens is 1. The number of hydrogen-bond acceptors (Lipinski definition) is 4. The van der Waals surface area contributed by atoms with Gasteiger partial charge in [0, 0.05) is 12.6 Å². The molecule has 1 aromatic heterocycles. The average Bonchev–Trinajstić information content (AvgIpc) is 2.39. The highest BCUT2D eigenvalue weighted by Crippen LogP contribution is 2.11. The van der Waals surface area contributed by atoms with Crippen LogP contribution in [0.4, 0.5) is 0 Å². The normalized spacial score (nSPS) is 20.8. The third-order valence-corrected chi connectivity index (χ3v) is 3.58. The number of rotatable bonds is 2. The SMILES string of the molecule is N[C@@H]1CCCN(Cc2nc3ccccc3c(=O)[nH]2)C1. The topological polar surface area (TPSA) is 75.0 Å². The van der Waals surface area contributed by atoms with Crippen molar-refractivity contribution in [1.29, 1.82) is 0 Å². The molecule has 1 saturated heterocycles. The Morgan fingerprint density at radius 3 is 3.11 bits per heavy atom. The quantitative estimate of drug-likeness (QED) is 0.837. The molecular formula is C14H18N4O. The van der Waals surface area contributed by atoms with Crippen LogP contribution in [0.25, 0.3) is 10.9 Å². The Hall–Kier alpha value is -1.72. The first-order valence-corrected chi connectivity index (χ1v) is 6.68. The molecular weight excluding hydrogens is 240 g/mol. The van der Waals surface area contributed by atoms with Crippen molar-refractivity contribution in [2.75, 3.05) is 13.1 Å². The van der Waals surface area contributed by atoms with Gasteiger partial charge in [-0.3, -0.25) is 9.69 Å². The molecule has 1 aliphatic heterocycles. The Morgan fingerprint density at radius 1 is 1.42 bits per heavy atom. The predicted octanol–water partition coefficient (Wildman–Crippen LogP) is 0.846. The van der Waals surface area contributed by atoms with Gasteiger partial charge < -0.3 is 10.7 Å². The molecule has 5 heteroatoms. The summed E-state index contributed by atoms with van der Waals surface area (Å²) in [5, 5.41) is 0.640. The Bertz CT molecular complexity index is 637. The number of nitrogens with two attached hydrogens (primary N) is 1. The molecule has 0 unspecified atom stereocenters. The minimum absolute atomic E-state index is 0.0677. The first-order chi connectivity index (χ1) is 9.22. The number of hydrogen-bond donors (Lipinski definition) is 2. The van der Waals surface area contributed by atoms with E-state index in [0.29, 0.717) is 11.9 Å². The van der Waals surface area contributed by atoms with E-state index < -0.39 is 0 Å². The van der Waals surface area contributed by atoms with Gasteiger partial charge in [-0.15, -0.1) is 0 Å². The molecule has 100 valence electrons. The van der Waals surface area contributed by atoms with Gasteiger partial charge in [0.05, 0.1) is 17.4 Å². The van der Waals surface area contributed by atoms with Crippen LogP contribution in [-0.4, -0.2) is 34.0 Å². The smallest absolute Gasteiger partial charge is 0.258 e. The summed E-state index contributed by atoms with van der Waals surface area (Å²) in [6, 6.07) is 7.65. The second kappa shape index (κ2) is 5.11. The maximum absolute atomic E-state index is 12.0. The van der Waals surface area contributed by atoms with Crippen LogP contribution in [0.3, 0.4) is 0 Å². The lowest BCUT2D eigenvalue weighted by molar-refractivity contribution is 0.197. The molecule has 0 aliphatic carbocycles. The summed E-state index contributed by atoms with van der Waals surface area (Å²) < 4.78 is 0. The molecule has 0 bridgehead atoms. The fourth-order valence-electron chi connectivity index (χ4n) is 2.66. The number of benzene rings is 1. The molecule has 1 fully saturated rings. The summed E-state index contributed by atoms with van der Waals surface area (Å²) in [5.41, 5.74) is 6.65. The third kappa shape index (κ3) is 2.67. The van der Waals surface area contributed by atoms with Crippen molar-refractivity contribution < 1.29 is 0 Å². The Labute approximate surface area is 111 Å². The summed E-state index contributed by atoms with van der Waals surface area (Å²) in [7, 11) is 0. The van der Waals surface area contributed by atoms with Crippen molar-refractivity contribution in [3.05, 3.63) is 40.4 Å². The van der Waals surface area contributed by atoms with Crippen molar-refractivity contribution >= 4 is 10.9 Å². The molecule has 2 aromatic rings. The fourth-order valence-corrected chi connectivity index (χ4v) is 2.66. The molecule has 0 radical (unpaired) electrons. The highest BCUT2D eigenvalue weighted by Gasteiger charge is 2.17. The molecule has 1 atom stereocenters. The van der Waals surface area contributed by atoms with E-state index in [2.05, 4.69) is 14.9 Å². The summed E-state index contributed by atoms with van der Waals surface area (Å²) >= 11 is 0. The van der Waals surface area contributed by atoms with Gasteiger partial charge >= 0.3 is 0 Å². The van der Waals surface area contributed by atoms with Crippen LogP contribution in [0.5, 0.6) is 0 Å². The van der Waals surface area contributed by atoms with E-state index in [1.807, 2.05) is 18.2 Å². The zero-order valence-corrected chi connectivity index (χ0v) is 10.8. The lowest BCUT2D eigenvalue weighted by Gasteiger charge is -2.30. The van der Waals surface area contributed by atoms with E-state index in [1.165, 1.54) is 0 Å². The molecule has 0 amide bonds. The third-order valence-electron chi connectivity index (χ3n) is 3.58.